The molecular formula is C14H13BFNO2. The SMILES string of the molecule is CBc1ccc(C(=O)O)c(Nc2ccc(F)cc2)c1. The lowest BCUT2D eigenvalue weighted by molar-refractivity contribution is 0.0698. The number of aromatic carboxylic acids is 1. The molecule has 0 saturated carbocycles. The molecule has 0 aliphatic carbocycles. The summed E-state index contributed by atoms with van der Waals surface area (Å²) in [5, 5.41) is 12.2. The number of carboxylic acids is 1. The summed E-state index contributed by atoms with van der Waals surface area (Å²) in [6.07, 6.45) is 0. The number of rotatable bonds is 4. The van der Waals surface area contributed by atoms with Crippen molar-refractivity contribution in [2.75, 3.05) is 5.32 Å². The Hall–Kier alpha value is -2.30. The van der Waals surface area contributed by atoms with Crippen LogP contribution in [0.5, 0.6) is 0 Å². The molecule has 0 bridgehead atoms. The molecule has 5 heteroatoms. The molecule has 0 radical (unpaired) electrons. The van der Waals surface area contributed by atoms with Crippen LogP contribution in [0.25, 0.3) is 0 Å². The standard InChI is InChI=1S/C14H13BFNO2/c1-15-9-2-7-12(14(18)19)13(8-9)17-11-5-3-10(16)4-6-11/h2-8,15,17H,1H3,(H,18,19). The van der Waals surface area contributed by atoms with Crippen LogP contribution in [0.1, 0.15) is 10.4 Å². The highest BCUT2D eigenvalue weighted by Crippen LogP contribution is 2.20. The van der Waals surface area contributed by atoms with Crippen molar-refractivity contribution in [2.45, 2.75) is 6.82 Å². The maximum Gasteiger partial charge on any atom is 0.337 e. The highest BCUT2D eigenvalue weighted by molar-refractivity contribution is 6.52. The summed E-state index contributed by atoms with van der Waals surface area (Å²) in [7, 11) is 0.817. The van der Waals surface area contributed by atoms with Gasteiger partial charge in [-0.15, -0.1) is 0 Å². The van der Waals surface area contributed by atoms with Crippen LogP contribution < -0.4 is 10.8 Å². The summed E-state index contributed by atoms with van der Waals surface area (Å²) in [4.78, 5) is 11.2. The van der Waals surface area contributed by atoms with Crippen LogP contribution in [-0.2, 0) is 0 Å². The van der Waals surface area contributed by atoms with E-state index >= 15 is 0 Å². The van der Waals surface area contributed by atoms with Crippen LogP contribution in [0.2, 0.25) is 6.82 Å². The number of hydrogen-bond donors (Lipinski definition) is 2. The van der Waals surface area contributed by atoms with E-state index in [2.05, 4.69) is 5.32 Å². The van der Waals surface area contributed by atoms with E-state index in [1.165, 1.54) is 12.1 Å². The molecule has 0 fully saturated rings. The van der Waals surface area contributed by atoms with Gasteiger partial charge >= 0.3 is 5.97 Å². The summed E-state index contributed by atoms with van der Waals surface area (Å²) in [5.74, 6) is -1.32. The highest BCUT2D eigenvalue weighted by Gasteiger charge is 2.10. The fourth-order valence-electron chi connectivity index (χ4n) is 1.79. The predicted octanol–water partition coefficient (Wildman–Crippen LogP) is 2.38. The van der Waals surface area contributed by atoms with Gasteiger partial charge in [-0.1, -0.05) is 18.4 Å². The van der Waals surface area contributed by atoms with Crippen LogP contribution in [0.15, 0.2) is 42.5 Å². The Balaban J connectivity index is 2.36. The molecule has 0 heterocycles. The minimum Gasteiger partial charge on any atom is -0.478 e. The quantitative estimate of drug-likeness (QED) is 0.826. The van der Waals surface area contributed by atoms with Gasteiger partial charge in [-0.3, -0.25) is 0 Å². The first-order chi connectivity index (χ1) is 9.10. The Morgan fingerprint density at radius 3 is 2.47 bits per heavy atom. The lowest BCUT2D eigenvalue weighted by atomic mass is 9.73. The first-order valence-electron chi connectivity index (χ1n) is 5.99. The van der Waals surface area contributed by atoms with E-state index in [-0.39, 0.29) is 11.4 Å². The van der Waals surface area contributed by atoms with Crippen molar-refractivity contribution in [3.63, 3.8) is 0 Å². The van der Waals surface area contributed by atoms with Gasteiger partial charge in [0.2, 0.25) is 0 Å². The minimum absolute atomic E-state index is 0.196. The fraction of sp³-hybridized carbons (Fsp3) is 0.0714. The van der Waals surface area contributed by atoms with E-state index in [1.807, 2.05) is 6.82 Å². The van der Waals surface area contributed by atoms with Gasteiger partial charge in [-0.25, -0.2) is 9.18 Å². The van der Waals surface area contributed by atoms with Gasteiger partial charge in [0.25, 0.3) is 0 Å². The van der Waals surface area contributed by atoms with Crippen LogP contribution >= 0.6 is 0 Å². The van der Waals surface area contributed by atoms with Crippen molar-refractivity contribution in [2.24, 2.45) is 0 Å². The number of anilines is 2. The molecule has 96 valence electrons. The molecule has 0 aliphatic heterocycles. The maximum absolute atomic E-state index is 12.8. The normalized spacial score (nSPS) is 10.0. The van der Waals surface area contributed by atoms with Crippen molar-refractivity contribution < 1.29 is 14.3 Å². The van der Waals surface area contributed by atoms with Crippen molar-refractivity contribution in [1.82, 2.24) is 0 Å². The lowest BCUT2D eigenvalue weighted by Crippen LogP contribution is -2.13. The first kappa shape index (κ1) is 13.1. The Morgan fingerprint density at radius 2 is 1.89 bits per heavy atom. The van der Waals surface area contributed by atoms with E-state index in [1.54, 1.807) is 30.3 Å². The monoisotopic (exact) mass is 257 g/mol. The highest BCUT2D eigenvalue weighted by atomic mass is 19.1. The molecule has 0 aromatic heterocycles. The van der Waals surface area contributed by atoms with Gasteiger partial charge in [0.15, 0.2) is 7.28 Å². The lowest BCUT2D eigenvalue weighted by Gasteiger charge is -2.11. The smallest absolute Gasteiger partial charge is 0.337 e. The zero-order valence-electron chi connectivity index (χ0n) is 10.5. The fourth-order valence-corrected chi connectivity index (χ4v) is 1.79. The molecule has 2 aromatic rings. The van der Waals surface area contributed by atoms with Gasteiger partial charge < -0.3 is 10.4 Å². The summed E-state index contributed by atoms with van der Waals surface area (Å²) < 4.78 is 12.8. The Bertz CT molecular complexity index is 599. The van der Waals surface area contributed by atoms with Crippen LogP contribution in [0.3, 0.4) is 0 Å². The number of halogens is 1. The third-order valence-electron chi connectivity index (χ3n) is 2.85. The van der Waals surface area contributed by atoms with E-state index < -0.39 is 5.97 Å². The molecule has 0 spiro atoms. The molecule has 0 atom stereocenters. The molecule has 0 amide bonds. The van der Waals surface area contributed by atoms with Gasteiger partial charge in [0.05, 0.1) is 11.3 Å². The van der Waals surface area contributed by atoms with Gasteiger partial charge in [0, 0.05) is 5.69 Å². The second kappa shape index (κ2) is 5.56. The Labute approximate surface area is 111 Å². The van der Waals surface area contributed by atoms with Gasteiger partial charge in [0.1, 0.15) is 5.82 Å². The van der Waals surface area contributed by atoms with Gasteiger partial charge in [-0.05, 0) is 36.4 Å². The van der Waals surface area contributed by atoms with Crippen molar-refractivity contribution in [3.05, 3.63) is 53.8 Å². The van der Waals surface area contributed by atoms with E-state index in [9.17, 15) is 9.18 Å². The van der Waals surface area contributed by atoms with Crippen LogP contribution in [0, 0.1) is 5.82 Å². The van der Waals surface area contributed by atoms with Crippen molar-refractivity contribution >= 4 is 30.1 Å². The first-order valence-corrected chi connectivity index (χ1v) is 5.99. The summed E-state index contributed by atoms with van der Waals surface area (Å²) >= 11 is 0. The second-order valence-corrected chi connectivity index (χ2v) is 4.17. The minimum atomic E-state index is -0.993. The number of carboxylic acid groups (broad SMARTS) is 1. The summed E-state index contributed by atoms with van der Waals surface area (Å²) in [6, 6.07) is 11.0. The molecule has 19 heavy (non-hydrogen) atoms. The molecule has 2 N–H and O–H groups in total. The van der Waals surface area contributed by atoms with E-state index in [0.29, 0.717) is 11.4 Å². The molecule has 3 nitrogen and oxygen atoms in total. The number of carbonyl (C=O) groups is 1. The van der Waals surface area contributed by atoms with Gasteiger partial charge in [-0.2, -0.15) is 0 Å². The second-order valence-electron chi connectivity index (χ2n) is 4.17. The van der Waals surface area contributed by atoms with E-state index in [4.69, 9.17) is 5.11 Å². The topological polar surface area (TPSA) is 49.3 Å². The van der Waals surface area contributed by atoms with Crippen molar-refractivity contribution in [1.29, 1.82) is 0 Å². The maximum atomic E-state index is 12.8. The predicted molar refractivity (Wildman–Crippen MR) is 75.7 cm³/mol. The zero-order chi connectivity index (χ0) is 13.8. The third kappa shape index (κ3) is 3.13. The average molecular weight is 257 g/mol. The Morgan fingerprint density at radius 1 is 1.21 bits per heavy atom. The molecular weight excluding hydrogens is 244 g/mol. The largest absolute Gasteiger partial charge is 0.478 e. The number of benzene rings is 2. The third-order valence-corrected chi connectivity index (χ3v) is 2.85. The zero-order valence-corrected chi connectivity index (χ0v) is 10.5. The number of nitrogens with one attached hydrogen (secondary N) is 1. The molecule has 0 unspecified atom stereocenters. The van der Waals surface area contributed by atoms with E-state index in [0.717, 1.165) is 12.7 Å². The molecule has 0 aliphatic rings. The summed E-state index contributed by atoms with van der Waals surface area (Å²) in [5.41, 5.74) is 2.40. The van der Waals surface area contributed by atoms with Crippen LogP contribution in [0.4, 0.5) is 15.8 Å². The van der Waals surface area contributed by atoms with Crippen LogP contribution in [-0.4, -0.2) is 18.4 Å². The molecule has 2 aromatic carbocycles. The average Bonchev–Trinajstić information content (AvgIpc) is 2.41. The van der Waals surface area contributed by atoms with Crippen molar-refractivity contribution in [3.8, 4) is 0 Å². The summed E-state index contributed by atoms with van der Waals surface area (Å²) in [6.45, 7) is 2.00. The molecule has 0 saturated heterocycles. The Kier molecular flexibility index (Phi) is 3.85. The number of hydrogen-bond acceptors (Lipinski definition) is 2. The molecule has 2 rings (SSSR count).